The lowest BCUT2D eigenvalue weighted by molar-refractivity contribution is -0.121. The van der Waals surface area contributed by atoms with Crippen LogP contribution in [-0.2, 0) is 20.9 Å². The lowest BCUT2D eigenvalue weighted by Crippen LogP contribution is -2.28. The molecule has 1 N–H and O–H groups in total. The molecule has 29 heavy (non-hydrogen) atoms. The number of rotatable bonds is 8. The highest BCUT2D eigenvalue weighted by Crippen LogP contribution is 2.29. The van der Waals surface area contributed by atoms with Gasteiger partial charge in [-0.2, -0.15) is 5.10 Å². The summed E-state index contributed by atoms with van der Waals surface area (Å²) >= 11 is 1.50. The van der Waals surface area contributed by atoms with E-state index in [0.29, 0.717) is 25.4 Å². The topological polar surface area (TPSA) is 89.4 Å². The second-order valence-corrected chi connectivity index (χ2v) is 7.38. The first-order valence-electron chi connectivity index (χ1n) is 9.43. The number of benzene rings is 1. The van der Waals surface area contributed by atoms with Crippen LogP contribution in [0.1, 0.15) is 19.8 Å². The summed E-state index contributed by atoms with van der Waals surface area (Å²) in [4.78, 5) is 29.6. The van der Waals surface area contributed by atoms with Crippen molar-refractivity contribution >= 4 is 39.7 Å². The van der Waals surface area contributed by atoms with Crippen molar-refractivity contribution in [2.24, 2.45) is 0 Å². The molecule has 0 spiro atoms. The number of ether oxygens (including phenoxy) is 1. The van der Waals surface area contributed by atoms with Crippen molar-refractivity contribution in [1.82, 2.24) is 14.8 Å². The lowest BCUT2D eigenvalue weighted by atomic mass is 10.1. The zero-order chi connectivity index (χ0) is 20.2. The number of carbonyl (C=O) groups excluding carboxylic acids is 2. The molecule has 1 aliphatic heterocycles. The van der Waals surface area contributed by atoms with E-state index in [0.717, 1.165) is 22.1 Å². The minimum atomic E-state index is -0.148. The second kappa shape index (κ2) is 8.54. The molecular weight excluding hydrogens is 390 g/mol. The van der Waals surface area contributed by atoms with Gasteiger partial charge in [-0.15, -0.1) is 11.3 Å². The average Bonchev–Trinajstić information content (AvgIpc) is 3.44. The molecule has 0 bridgehead atoms. The monoisotopic (exact) mass is 411 g/mol. The molecule has 1 fully saturated rings. The van der Waals surface area contributed by atoms with E-state index in [1.54, 1.807) is 18.3 Å². The number of thiazole rings is 1. The van der Waals surface area contributed by atoms with Gasteiger partial charge < -0.3 is 10.1 Å². The smallest absolute Gasteiger partial charge is 0.234 e. The van der Waals surface area contributed by atoms with Crippen LogP contribution in [0.4, 0.5) is 16.5 Å². The number of aromatic nitrogens is 3. The highest BCUT2D eigenvalue weighted by molar-refractivity contribution is 7.14. The maximum atomic E-state index is 11.9. The fraction of sp³-hybridized carbons (Fsp3) is 0.300. The fourth-order valence-corrected chi connectivity index (χ4v) is 3.83. The van der Waals surface area contributed by atoms with Crippen LogP contribution in [0.25, 0.3) is 11.3 Å². The summed E-state index contributed by atoms with van der Waals surface area (Å²) < 4.78 is 7.16. The van der Waals surface area contributed by atoms with Crippen molar-refractivity contribution in [3.63, 3.8) is 0 Å². The Bertz CT molecular complexity index is 995. The molecule has 1 saturated heterocycles. The molecule has 9 heteroatoms. The summed E-state index contributed by atoms with van der Waals surface area (Å²) in [5.41, 5.74) is 3.22. The van der Waals surface area contributed by atoms with Crippen molar-refractivity contribution in [1.29, 1.82) is 0 Å². The number of nitrogens with one attached hydrogen (secondary N) is 1. The van der Waals surface area contributed by atoms with Crippen LogP contribution in [0.2, 0.25) is 0 Å². The van der Waals surface area contributed by atoms with Crippen LogP contribution in [-0.4, -0.2) is 39.8 Å². The van der Waals surface area contributed by atoms with Gasteiger partial charge in [0.05, 0.1) is 36.4 Å². The third-order valence-electron chi connectivity index (χ3n) is 4.53. The molecule has 0 radical (unpaired) electrons. The van der Waals surface area contributed by atoms with Gasteiger partial charge in [0, 0.05) is 36.6 Å². The highest BCUT2D eigenvalue weighted by atomic mass is 32.1. The number of anilines is 3. The molecule has 3 aromatic rings. The second-order valence-electron chi connectivity index (χ2n) is 6.52. The number of hydrogen-bond acceptors (Lipinski definition) is 7. The summed E-state index contributed by atoms with van der Waals surface area (Å²) in [6, 6.07) is 7.31. The Morgan fingerprint density at radius 2 is 1.93 bits per heavy atom. The summed E-state index contributed by atoms with van der Waals surface area (Å²) in [5, 5.41) is 10.3. The first-order chi connectivity index (χ1) is 14.1. The molecular formula is C20H21N5O3S. The maximum absolute atomic E-state index is 11.9. The average molecular weight is 411 g/mol. The SMILES string of the molecule is CCOCCn1cc(Nc2nc(-c3ccc(N4C(=O)CCC4=O)cc3)cs2)cn1. The molecule has 0 saturated carbocycles. The Labute approximate surface area is 172 Å². The molecule has 4 rings (SSSR count). The van der Waals surface area contributed by atoms with E-state index in [2.05, 4.69) is 15.4 Å². The van der Waals surface area contributed by atoms with Gasteiger partial charge >= 0.3 is 0 Å². The van der Waals surface area contributed by atoms with Gasteiger partial charge in [0.25, 0.3) is 0 Å². The summed E-state index contributed by atoms with van der Waals surface area (Å²) in [7, 11) is 0. The van der Waals surface area contributed by atoms with E-state index >= 15 is 0 Å². The van der Waals surface area contributed by atoms with Crippen molar-refractivity contribution < 1.29 is 14.3 Å². The normalized spacial score (nSPS) is 14.0. The summed E-state index contributed by atoms with van der Waals surface area (Å²) in [5.74, 6) is -0.297. The first kappa shape index (κ1) is 19.3. The van der Waals surface area contributed by atoms with Crippen molar-refractivity contribution in [3.05, 3.63) is 42.0 Å². The summed E-state index contributed by atoms with van der Waals surface area (Å²) in [6.07, 6.45) is 4.23. The lowest BCUT2D eigenvalue weighted by Gasteiger charge is -2.13. The molecule has 3 heterocycles. The fourth-order valence-electron chi connectivity index (χ4n) is 3.09. The molecule has 1 aliphatic rings. The van der Waals surface area contributed by atoms with E-state index in [1.165, 1.54) is 16.2 Å². The van der Waals surface area contributed by atoms with E-state index in [1.807, 2.05) is 35.3 Å². The van der Waals surface area contributed by atoms with Gasteiger partial charge in [0.1, 0.15) is 0 Å². The standard InChI is InChI=1S/C20H21N5O3S/c1-2-28-10-9-24-12-15(11-21-24)22-20-23-17(13-29-20)14-3-5-16(6-4-14)25-18(26)7-8-19(25)27/h3-6,11-13H,2,7-10H2,1H3,(H,22,23). The van der Waals surface area contributed by atoms with Crippen LogP contribution in [0.5, 0.6) is 0 Å². The van der Waals surface area contributed by atoms with Gasteiger partial charge in [-0.05, 0) is 19.1 Å². The van der Waals surface area contributed by atoms with Gasteiger partial charge in [0.15, 0.2) is 5.13 Å². The van der Waals surface area contributed by atoms with Crippen LogP contribution in [0, 0.1) is 0 Å². The molecule has 0 aliphatic carbocycles. The van der Waals surface area contributed by atoms with Crippen molar-refractivity contribution in [2.75, 3.05) is 23.4 Å². The molecule has 0 atom stereocenters. The number of amides is 2. The van der Waals surface area contributed by atoms with Gasteiger partial charge in [0.2, 0.25) is 11.8 Å². The Balaban J connectivity index is 1.41. The van der Waals surface area contributed by atoms with Gasteiger partial charge in [-0.3, -0.25) is 19.2 Å². The van der Waals surface area contributed by atoms with Crippen LogP contribution in [0.15, 0.2) is 42.0 Å². The predicted octanol–water partition coefficient (Wildman–Crippen LogP) is 3.44. The predicted molar refractivity (Wildman–Crippen MR) is 111 cm³/mol. The number of nitrogens with zero attached hydrogens (tertiary/aromatic N) is 4. The molecule has 2 aromatic heterocycles. The molecule has 1 aromatic carbocycles. The van der Waals surface area contributed by atoms with E-state index in [-0.39, 0.29) is 24.7 Å². The maximum Gasteiger partial charge on any atom is 0.234 e. The number of imide groups is 1. The number of hydrogen-bond donors (Lipinski definition) is 1. The van der Waals surface area contributed by atoms with Crippen molar-refractivity contribution in [3.8, 4) is 11.3 Å². The zero-order valence-electron chi connectivity index (χ0n) is 16.0. The zero-order valence-corrected chi connectivity index (χ0v) is 16.8. The van der Waals surface area contributed by atoms with Crippen LogP contribution < -0.4 is 10.2 Å². The Kier molecular flexibility index (Phi) is 5.68. The molecule has 2 amide bonds. The third-order valence-corrected chi connectivity index (χ3v) is 5.29. The van der Waals surface area contributed by atoms with Crippen molar-refractivity contribution in [2.45, 2.75) is 26.3 Å². The summed E-state index contributed by atoms with van der Waals surface area (Å²) in [6.45, 7) is 3.99. The Morgan fingerprint density at radius 1 is 1.17 bits per heavy atom. The minimum absolute atomic E-state index is 0.148. The molecule has 0 unspecified atom stereocenters. The van der Waals surface area contributed by atoms with Gasteiger partial charge in [-0.25, -0.2) is 4.98 Å². The van der Waals surface area contributed by atoms with Crippen LogP contribution in [0.3, 0.4) is 0 Å². The minimum Gasteiger partial charge on any atom is -0.380 e. The van der Waals surface area contributed by atoms with E-state index < -0.39 is 0 Å². The molecule has 150 valence electrons. The Morgan fingerprint density at radius 3 is 2.66 bits per heavy atom. The van der Waals surface area contributed by atoms with E-state index in [4.69, 9.17) is 4.74 Å². The molecule has 8 nitrogen and oxygen atoms in total. The largest absolute Gasteiger partial charge is 0.380 e. The van der Waals surface area contributed by atoms with Crippen LogP contribution >= 0.6 is 11.3 Å². The number of carbonyl (C=O) groups is 2. The third kappa shape index (κ3) is 4.36. The Hall–Kier alpha value is -3.04. The first-order valence-corrected chi connectivity index (χ1v) is 10.3. The quantitative estimate of drug-likeness (QED) is 0.451. The highest BCUT2D eigenvalue weighted by Gasteiger charge is 2.30. The van der Waals surface area contributed by atoms with E-state index in [9.17, 15) is 9.59 Å². The van der Waals surface area contributed by atoms with Gasteiger partial charge in [-0.1, -0.05) is 12.1 Å².